The summed E-state index contributed by atoms with van der Waals surface area (Å²) in [7, 11) is 0. The molecular weight excluding hydrogens is 154 g/mol. The van der Waals surface area contributed by atoms with Gasteiger partial charge in [0.25, 0.3) is 0 Å². The molecular formula is C7H10Ga. The molecule has 1 aromatic carbocycles. The van der Waals surface area contributed by atoms with Gasteiger partial charge in [0.15, 0.2) is 0 Å². The van der Waals surface area contributed by atoms with Gasteiger partial charge in [-0.3, -0.25) is 0 Å². The van der Waals surface area contributed by atoms with Gasteiger partial charge < -0.3 is 0 Å². The van der Waals surface area contributed by atoms with Crippen molar-refractivity contribution >= 4 is 19.8 Å². The van der Waals surface area contributed by atoms with E-state index in [2.05, 4.69) is 13.0 Å². The van der Waals surface area contributed by atoms with E-state index in [1.54, 1.807) is 0 Å². The summed E-state index contributed by atoms with van der Waals surface area (Å²) in [5.74, 6) is 0. The van der Waals surface area contributed by atoms with E-state index in [-0.39, 0.29) is 19.8 Å². The second-order valence-electron chi connectivity index (χ2n) is 1.58. The first-order chi connectivity index (χ1) is 3.39. The molecule has 0 N–H and O–H groups in total. The monoisotopic (exact) mass is 163 g/mol. The maximum atomic E-state index is 2.93. The summed E-state index contributed by atoms with van der Waals surface area (Å²) >= 11 is 0. The van der Waals surface area contributed by atoms with E-state index >= 15 is 0 Å². The molecule has 0 heterocycles. The van der Waals surface area contributed by atoms with Crippen molar-refractivity contribution in [3.8, 4) is 0 Å². The van der Waals surface area contributed by atoms with Crippen LogP contribution in [0.1, 0.15) is 5.56 Å². The van der Waals surface area contributed by atoms with E-state index < -0.39 is 0 Å². The maximum absolute atomic E-state index is 2.93. The fraction of sp³-hybridized carbons (Fsp3) is 0.143. The first-order valence-electron chi connectivity index (χ1n) is 2.32. The van der Waals surface area contributed by atoms with Gasteiger partial charge in [-0.05, 0) is 13.0 Å². The minimum absolute atomic E-state index is 0. The summed E-state index contributed by atoms with van der Waals surface area (Å²) in [5.41, 5.74) is 1.29. The third-order valence-corrected chi connectivity index (χ3v) is 0.885. The predicted octanol–water partition coefficient (Wildman–Crippen LogP) is 0.611. The van der Waals surface area contributed by atoms with Crippen molar-refractivity contribution in [3.05, 3.63) is 35.9 Å². The van der Waals surface area contributed by atoms with E-state index in [0.29, 0.717) is 0 Å². The number of rotatable bonds is 0. The predicted molar refractivity (Wildman–Crippen MR) is 40.0 cm³/mol. The van der Waals surface area contributed by atoms with Crippen LogP contribution in [0.3, 0.4) is 0 Å². The Labute approximate surface area is 63.0 Å². The van der Waals surface area contributed by atoms with Crippen LogP contribution in [0.5, 0.6) is 0 Å². The van der Waals surface area contributed by atoms with Crippen molar-refractivity contribution in [2.45, 2.75) is 6.92 Å². The normalized spacial score (nSPS) is 7.62. The molecule has 1 rings (SSSR count). The van der Waals surface area contributed by atoms with Crippen molar-refractivity contribution in [1.29, 1.82) is 0 Å². The number of hydrogen-bond donors (Lipinski definition) is 0. The molecule has 1 heteroatoms. The zero-order valence-electron chi connectivity index (χ0n) is 4.31. The number of hydrogen-bond acceptors (Lipinski definition) is 0. The molecule has 0 saturated carbocycles. The van der Waals surface area contributed by atoms with E-state index in [4.69, 9.17) is 0 Å². The molecule has 1 aromatic rings. The van der Waals surface area contributed by atoms with Crippen molar-refractivity contribution in [2.24, 2.45) is 0 Å². The molecule has 0 atom stereocenters. The minimum atomic E-state index is 0. The van der Waals surface area contributed by atoms with Gasteiger partial charge in [0, 0.05) is 0 Å². The Morgan fingerprint density at radius 3 is 2.00 bits per heavy atom. The summed E-state index contributed by atoms with van der Waals surface area (Å²) in [4.78, 5) is 0. The van der Waals surface area contributed by atoms with Gasteiger partial charge in [0.2, 0.25) is 0 Å². The van der Waals surface area contributed by atoms with Crippen LogP contribution < -0.4 is 0 Å². The van der Waals surface area contributed by atoms with Gasteiger partial charge in [-0.15, -0.1) is 0 Å². The average Bonchev–Trinajstić information content (AvgIpc) is 1.69. The molecule has 0 aliphatic heterocycles. The Morgan fingerprint density at radius 2 is 1.75 bits per heavy atom. The molecule has 0 aliphatic rings. The van der Waals surface area contributed by atoms with Gasteiger partial charge in [0.05, 0.1) is 0 Å². The van der Waals surface area contributed by atoms with Crippen LogP contribution in [0.25, 0.3) is 0 Å². The zero-order valence-corrected chi connectivity index (χ0v) is 4.31. The van der Waals surface area contributed by atoms with Gasteiger partial charge in [-0.1, -0.05) is 29.8 Å². The summed E-state index contributed by atoms with van der Waals surface area (Å²) in [6.45, 7) is 2.06. The zero-order chi connectivity index (χ0) is 5.11. The Bertz CT molecular complexity index is 134. The van der Waals surface area contributed by atoms with Crippen molar-refractivity contribution in [1.82, 2.24) is 0 Å². The Balaban J connectivity index is 0.000000490. The van der Waals surface area contributed by atoms with E-state index in [9.17, 15) is 0 Å². The second-order valence-corrected chi connectivity index (χ2v) is 1.58. The second kappa shape index (κ2) is 3.81. The molecule has 0 nitrogen and oxygen atoms in total. The van der Waals surface area contributed by atoms with Crippen molar-refractivity contribution in [2.75, 3.05) is 0 Å². The summed E-state index contributed by atoms with van der Waals surface area (Å²) < 4.78 is 0. The molecule has 0 amide bonds. The van der Waals surface area contributed by atoms with Crippen molar-refractivity contribution < 1.29 is 0 Å². The number of benzene rings is 1. The van der Waals surface area contributed by atoms with Crippen LogP contribution in [0.15, 0.2) is 24.3 Å². The van der Waals surface area contributed by atoms with Crippen LogP contribution in [0.4, 0.5) is 0 Å². The quantitative estimate of drug-likeness (QED) is 0.492. The molecule has 0 fully saturated rings. The molecule has 41 valence electrons. The van der Waals surface area contributed by atoms with Crippen LogP contribution in [0.2, 0.25) is 0 Å². The Hall–Kier alpha value is -0.144. The molecule has 0 aliphatic carbocycles. The summed E-state index contributed by atoms with van der Waals surface area (Å²) in [5, 5.41) is 0. The average molecular weight is 164 g/mol. The Kier molecular flexibility index (Phi) is 3.74. The molecule has 0 spiro atoms. The molecule has 8 heavy (non-hydrogen) atoms. The topological polar surface area (TPSA) is 0 Å². The van der Waals surface area contributed by atoms with Crippen LogP contribution in [0, 0.1) is 13.0 Å². The first-order valence-corrected chi connectivity index (χ1v) is 2.32. The van der Waals surface area contributed by atoms with Crippen molar-refractivity contribution in [3.63, 3.8) is 0 Å². The van der Waals surface area contributed by atoms with E-state index in [1.165, 1.54) is 5.56 Å². The van der Waals surface area contributed by atoms with Crippen LogP contribution in [-0.4, -0.2) is 19.8 Å². The molecule has 0 unspecified atom stereocenters. The standard InChI is InChI=1S/C7H7.Ga.3H/c1-7-5-3-2-4-6-7;;;;/h3-6H,1H3;;;;. The van der Waals surface area contributed by atoms with E-state index in [1.807, 2.05) is 24.3 Å². The van der Waals surface area contributed by atoms with Gasteiger partial charge in [-0.25, -0.2) is 0 Å². The summed E-state index contributed by atoms with van der Waals surface area (Å²) in [6.07, 6.45) is 0. The van der Waals surface area contributed by atoms with Gasteiger partial charge >= 0.3 is 19.8 Å². The molecule has 0 bridgehead atoms. The number of aryl methyl sites for hydroxylation is 1. The fourth-order valence-corrected chi connectivity index (χ4v) is 0.470. The first kappa shape index (κ1) is 7.86. The Morgan fingerprint density at radius 1 is 1.25 bits per heavy atom. The third-order valence-electron chi connectivity index (χ3n) is 0.885. The fourth-order valence-electron chi connectivity index (χ4n) is 0.470. The van der Waals surface area contributed by atoms with E-state index in [0.717, 1.165) is 0 Å². The molecule has 0 aromatic heterocycles. The SMILES string of the molecule is Cc1cc[c]cc1.[GaH3]. The van der Waals surface area contributed by atoms with Crippen LogP contribution in [-0.2, 0) is 0 Å². The summed E-state index contributed by atoms with van der Waals surface area (Å²) in [6, 6.07) is 10.8. The van der Waals surface area contributed by atoms with Gasteiger partial charge in [0.1, 0.15) is 0 Å². The molecule has 1 radical (unpaired) electrons. The van der Waals surface area contributed by atoms with Gasteiger partial charge in [-0.2, -0.15) is 0 Å². The van der Waals surface area contributed by atoms with Crippen LogP contribution >= 0.6 is 0 Å². The molecule has 0 saturated heterocycles. The third kappa shape index (κ3) is 2.24.